The van der Waals surface area contributed by atoms with Gasteiger partial charge in [0.05, 0.1) is 27.0 Å². The maximum Gasteiger partial charge on any atom is 0.419 e. The van der Waals surface area contributed by atoms with E-state index in [1.165, 1.54) is 13.2 Å². The van der Waals surface area contributed by atoms with E-state index in [0.717, 1.165) is 17.2 Å². The first-order valence-corrected chi connectivity index (χ1v) is 12.9. The van der Waals surface area contributed by atoms with Gasteiger partial charge in [0.15, 0.2) is 0 Å². The van der Waals surface area contributed by atoms with Crippen molar-refractivity contribution < 1.29 is 28.1 Å². The second-order valence-electron chi connectivity index (χ2n) is 6.56. The molecule has 0 saturated heterocycles. The highest BCUT2D eigenvalue weighted by Gasteiger charge is 2.35. The molecule has 0 radical (unpaired) electrons. The van der Waals surface area contributed by atoms with Crippen LogP contribution in [0.15, 0.2) is 42.5 Å². The Kier molecular flexibility index (Phi) is 8.15. The Balaban J connectivity index is 2.32. The van der Waals surface area contributed by atoms with Gasteiger partial charge in [-0.1, -0.05) is 6.07 Å². The molecule has 0 atom stereocenters. The van der Waals surface area contributed by atoms with Crippen molar-refractivity contribution in [2.75, 3.05) is 7.11 Å². The van der Waals surface area contributed by atoms with Gasteiger partial charge in [-0.05, 0) is 143 Å². The summed E-state index contributed by atoms with van der Waals surface area (Å²) in [5.41, 5.74) is 1.01. The highest BCUT2D eigenvalue weighted by atomic mass is 127. The van der Waals surface area contributed by atoms with E-state index >= 15 is 0 Å². The molecule has 0 aliphatic heterocycles. The maximum atomic E-state index is 13.7. The molecule has 0 aliphatic carbocycles. The second-order valence-corrected chi connectivity index (χ2v) is 11.2. The van der Waals surface area contributed by atoms with Crippen molar-refractivity contribution >= 4 is 90.4 Å². The van der Waals surface area contributed by atoms with Gasteiger partial charge in [-0.2, -0.15) is 13.2 Å². The molecule has 10 heteroatoms. The van der Waals surface area contributed by atoms with Crippen molar-refractivity contribution in [3.05, 3.63) is 79.0 Å². The lowest BCUT2D eigenvalue weighted by Crippen LogP contribution is -2.11. The van der Waals surface area contributed by atoms with Crippen LogP contribution >= 0.6 is 90.4 Å². The van der Waals surface area contributed by atoms with E-state index in [1.54, 1.807) is 30.3 Å². The Morgan fingerprint density at radius 3 is 1.52 bits per heavy atom. The lowest BCUT2D eigenvalue weighted by Gasteiger charge is -2.23. The van der Waals surface area contributed by atoms with Crippen LogP contribution in [0, 0.1) is 14.3 Å². The van der Waals surface area contributed by atoms with Crippen LogP contribution in [-0.4, -0.2) is 17.3 Å². The number of aromatic hydroxyl groups is 2. The zero-order chi connectivity index (χ0) is 23.1. The minimum atomic E-state index is -4.58. The number of phenolic OH excluding ortho intramolecular Hbond substituents is 2. The molecule has 0 aliphatic rings. The smallest absolute Gasteiger partial charge is 0.419 e. The van der Waals surface area contributed by atoms with Gasteiger partial charge in [-0.25, -0.2) is 0 Å². The third kappa shape index (κ3) is 5.47. The number of benzene rings is 3. The third-order valence-electron chi connectivity index (χ3n) is 4.61. The summed E-state index contributed by atoms with van der Waals surface area (Å²) in [5, 5.41) is 20.4. The number of alkyl halides is 3. The average Bonchev–Trinajstić information content (AvgIpc) is 2.69. The number of phenols is 2. The van der Waals surface area contributed by atoms with Gasteiger partial charge in [-0.3, -0.25) is 0 Å². The number of ether oxygens (including phenoxy) is 1. The molecule has 0 fully saturated rings. The Morgan fingerprint density at radius 1 is 0.742 bits per heavy atom. The van der Waals surface area contributed by atoms with Crippen LogP contribution in [0.25, 0.3) is 0 Å². The second kappa shape index (κ2) is 9.95. The summed E-state index contributed by atoms with van der Waals surface area (Å²) in [6.07, 6.45) is -4.58. The molecule has 3 rings (SSSR count). The summed E-state index contributed by atoms with van der Waals surface area (Å²) >= 11 is 8.00. The van der Waals surface area contributed by atoms with E-state index in [0.29, 0.717) is 19.8 Å². The largest absolute Gasteiger partial charge is 0.506 e. The zero-order valence-corrected chi connectivity index (χ0v) is 24.2. The van der Waals surface area contributed by atoms with E-state index in [4.69, 9.17) is 4.74 Å². The molecular formula is C21H13F3I4O3. The third-order valence-corrected chi connectivity index (χ3v) is 7.90. The van der Waals surface area contributed by atoms with Gasteiger partial charge >= 0.3 is 6.18 Å². The van der Waals surface area contributed by atoms with Crippen LogP contribution < -0.4 is 4.74 Å². The van der Waals surface area contributed by atoms with E-state index in [9.17, 15) is 23.4 Å². The average molecular weight is 878 g/mol. The van der Waals surface area contributed by atoms with Crippen LogP contribution in [0.3, 0.4) is 0 Å². The standard InChI is InChI=1S/C21H13F3I4O3/c1-31-17-3-2-9(4-12(17)21(22,23)24)18(10-5-13(25)19(29)14(26)6-10)11-7-15(27)20(30)16(28)8-11/h2-8,18,29-30H,1H3. The predicted molar refractivity (Wildman–Crippen MR) is 146 cm³/mol. The van der Waals surface area contributed by atoms with Crippen LogP contribution in [0.4, 0.5) is 13.2 Å². The van der Waals surface area contributed by atoms with Crippen LogP contribution in [0.5, 0.6) is 17.2 Å². The molecular weight excluding hydrogens is 865 g/mol. The van der Waals surface area contributed by atoms with Gasteiger partial charge in [0.2, 0.25) is 0 Å². The molecule has 3 aromatic rings. The fraction of sp³-hybridized carbons (Fsp3) is 0.143. The summed E-state index contributed by atoms with van der Waals surface area (Å²) in [6.45, 7) is 0. The normalized spacial score (nSPS) is 11.8. The number of rotatable bonds is 4. The highest BCUT2D eigenvalue weighted by Crippen LogP contribution is 2.43. The Morgan fingerprint density at radius 2 is 1.16 bits per heavy atom. The Bertz CT molecular complexity index is 1050. The minimum absolute atomic E-state index is 0.129. The van der Waals surface area contributed by atoms with Crippen molar-refractivity contribution in [2.24, 2.45) is 0 Å². The molecule has 2 N–H and O–H groups in total. The molecule has 0 saturated carbocycles. The lowest BCUT2D eigenvalue weighted by molar-refractivity contribution is -0.138. The summed E-state index contributed by atoms with van der Waals surface area (Å²) in [6, 6.07) is 11.1. The SMILES string of the molecule is COc1ccc(C(c2cc(I)c(O)c(I)c2)c2cc(I)c(O)c(I)c2)cc1C(F)(F)F. The Labute approximate surface area is 231 Å². The molecule has 3 nitrogen and oxygen atoms in total. The van der Waals surface area contributed by atoms with Crippen LogP contribution in [0.2, 0.25) is 0 Å². The molecule has 0 unspecified atom stereocenters. The number of methoxy groups -OCH3 is 1. The molecule has 0 spiro atoms. The molecule has 3 aromatic carbocycles. The van der Waals surface area contributed by atoms with E-state index in [-0.39, 0.29) is 17.2 Å². The van der Waals surface area contributed by atoms with E-state index in [1.807, 2.05) is 90.4 Å². The van der Waals surface area contributed by atoms with Gasteiger partial charge in [-0.15, -0.1) is 0 Å². The first-order chi connectivity index (χ1) is 14.4. The summed E-state index contributed by atoms with van der Waals surface area (Å²) < 4.78 is 48.4. The fourth-order valence-electron chi connectivity index (χ4n) is 3.21. The van der Waals surface area contributed by atoms with Gasteiger partial charge in [0.1, 0.15) is 17.2 Å². The van der Waals surface area contributed by atoms with Crippen molar-refractivity contribution in [1.29, 1.82) is 0 Å². The van der Waals surface area contributed by atoms with Crippen molar-refractivity contribution in [3.8, 4) is 17.2 Å². The van der Waals surface area contributed by atoms with Gasteiger partial charge < -0.3 is 14.9 Å². The highest BCUT2D eigenvalue weighted by molar-refractivity contribution is 14.1. The summed E-state index contributed by atoms with van der Waals surface area (Å²) in [5.74, 6) is -0.550. The van der Waals surface area contributed by atoms with E-state index in [2.05, 4.69) is 0 Å². The zero-order valence-electron chi connectivity index (χ0n) is 15.6. The van der Waals surface area contributed by atoms with Gasteiger partial charge in [0.25, 0.3) is 0 Å². The molecule has 0 aromatic heterocycles. The predicted octanol–water partition coefficient (Wildman–Crippen LogP) is 7.72. The topological polar surface area (TPSA) is 49.7 Å². The van der Waals surface area contributed by atoms with E-state index < -0.39 is 17.7 Å². The molecule has 0 heterocycles. The number of hydrogen-bond donors (Lipinski definition) is 2. The minimum Gasteiger partial charge on any atom is -0.506 e. The first-order valence-electron chi connectivity index (χ1n) is 8.55. The number of hydrogen-bond acceptors (Lipinski definition) is 3. The number of halogens is 7. The maximum absolute atomic E-state index is 13.7. The Hall–Kier alpha value is -0.230. The van der Waals surface area contributed by atoms with Crippen molar-refractivity contribution in [2.45, 2.75) is 12.1 Å². The van der Waals surface area contributed by atoms with Gasteiger partial charge in [0, 0.05) is 5.92 Å². The molecule has 0 amide bonds. The summed E-state index contributed by atoms with van der Waals surface area (Å²) in [7, 11) is 1.21. The van der Waals surface area contributed by atoms with Crippen molar-refractivity contribution in [1.82, 2.24) is 0 Å². The summed E-state index contributed by atoms with van der Waals surface area (Å²) in [4.78, 5) is 0. The van der Waals surface area contributed by atoms with Crippen molar-refractivity contribution in [3.63, 3.8) is 0 Å². The quantitative estimate of drug-likeness (QED) is 0.209. The van der Waals surface area contributed by atoms with Crippen LogP contribution in [0.1, 0.15) is 28.2 Å². The first kappa shape index (κ1) is 25.4. The molecule has 31 heavy (non-hydrogen) atoms. The lowest BCUT2D eigenvalue weighted by atomic mass is 9.84. The monoisotopic (exact) mass is 878 g/mol. The van der Waals surface area contributed by atoms with Crippen LogP contribution in [-0.2, 0) is 6.18 Å². The molecule has 0 bridgehead atoms. The fourth-order valence-corrected chi connectivity index (χ4v) is 6.84. The molecule has 164 valence electrons.